The number of aryl methyl sites for hydroxylation is 1. The number of rotatable bonds is 8. The van der Waals surface area contributed by atoms with Gasteiger partial charge in [-0.2, -0.15) is 0 Å². The molecule has 0 spiro atoms. The lowest BCUT2D eigenvalue weighted by molar-refractivity contribution is 0.156. The number of aliphatic hydroxyl groups is 1. The van der Waals surface area contributed by atoms with E-state index in [9.17, 15) is 0 Å². The van der Waals surface area contributed by atoms with Gasteiger partial charge in [0.15, 0.2) is 5.15 Å². The van der Waals surface area contributed by atoms with Crippen molar-refractivity contribution in [1.82, 2.24) is 15.3 Å². The topological polar surface area (TPSA) is 60.9 Å². The van der Waals surface area contributed by atoms with Gasteiger partial charge in [0.05, 0.1) is 5.69 Å². The van der Waals surface area contributed by atoms with Crippen LogP contribution in [-0.4, -0.2) is 28.2 Å². The summed E-state index contributed by atoms with van der Waals surface area (Å²) in [5.41, 5.74) is 0.814. The highest BCUT2D eigenvalue weighted by molar-refractivity contribution is 6.30. The maximum Gasteiger partial charge on any atom is 0.151 e. The summed E-state index contributed by atoms with van der Waals surface area (Å²) in [6.07, 6.45) is 3.21. The van der Waals surface area contributed by atoms with Crippen LogP contribution in [0.2, 0.25) is 5.15 Å². The Bertz CT molecular complexity index is 363. The highest BCUT2D eigenvalue weighted by Crippen LogP contribution is 2.15. The third kappa shape index (κ3) is 4.96. The molecule has 0 aromatic carbocycles. The number of H-pyrrole nitrogens is 1. The normalized spacial score (nSPS) is 12.1. The van der Waals surface area contributed by atoms with E-state index in [0.717, 1.165) is 37.3 Å². The van der Waals surface area contributed by atoms with Crippen LogP contribution in [0.25, 0.3) is 0 Å². The zero-order valence-corrected chi connectivity index (χ0v) is 12.3. The van der Waals surface area contributed by atoms with E-state index in [-0.39, 0.29) is 12.0 Å². The molecule has 0 atom stereocenters. The lowest BCUT2D eigenvalue weighted by Crippen LogP contribution is -2.32. The molecule has 3 N–H and O–H groups in total. The maximum atomic E-state index is 9.16. The second-order valence-electron chi connectivity index (χ2n) is 5.48. The molecule has 0 saturated heterocycles. The first-order valence-electron chi connectivity index (χ1n) is 6.53. The monoisotopic (exact) mass is 273 g/mol. The molecule has 4 nitrogen and oxygen atoms in total. The summed E-state index contributed by atoms with van der Waals surface area (Å²) in [5, 5.41) is 13.0. The van der Waals surface area contributed by atoms with Crippen molar-refractivity contribution >= 4 is 11.6 Å². The Morgan fingerprint density at radius 2 is 2.17 bits per heavy atom. The fourth-order valence-electron chi connectivity index (χ4n) is 1.60. The first-order valence-corrected chi connectivity index (χ1v) is 6.91. The maximum absolute atomic E-state index is 9.16. The van der Waals surface area contributed by atoms with Crippen molar-refractivity contribution in [3.8, 4) is 0 Å². The highest BCUT2D eigenvalue weighted by Gasteiger charge is 2.16. The summed E-state index contributed by atoms with van der Waals surface area (Å²) in [6.45, 7) is 7.75. The minimum atomic E-state index is -0.114. The van der Waals surface area contributed by atoms with Gasteiger partial charge < -0.3 is 15.4 Å². The van der Waals surface area contributed by atoms with Gasteiger partial charge in [0.25, 0.3) is 0 Å². The van der Waals surface area contributed by atoms with Crippen LogP contribution in [0.5, 0.6) is 0 Å². The van der Waals surface area contributed by atoms with Crippen molar-refractivity contribution in [2.24, 2.45) is 5.41 Å². The molecule has 1 heterocycles. The molecule has 0 aliphatic heterocycles. The van der Waals surface area contributed by atoms with E-state index in [1.54, 1.807) is 0 Å². The largest absolute Gasteiger partial charge is 0.396 e. The van der Waals surface area contributed by atoms with Crippen LogP contribution >= 0.6 is 11.6 Å². The molecule has 0 saturated carbocycles. The third-order valence-corrected chi connectivity index (χ3v) is 3.19. The van der Waals surface area contributed by atoms with Crippen LogP contribution < -0.4 is 5.32 Å². The molecule has 0 aliphatic rings. The van der Waals surface area contributed by atoms with Gasteiger partial charge in [0, 0.05) is 31.5 Å². The second-order valence-corrected chi connectivity index (χ2v) is 5.84. The molecule has 0 bridgehead atoms. The predicted molar refractivity (Wildman–Crippen MR) is 74.8 cm³/mol. The number of hydrogen-bond donors (Lipinski definition) is 3. The van der Waals surface area contributed by atoms with E-state index < -0.39 is 0 Å². The van der Waals surface area contributed by atoms with Gasteiger partial charge >= 0.3 is 0 Å². The number of aromatic nitrogens is 2. The minimum Gasteiger partial charge on any atom is -0.396 e. The summed E-state index contributed by atoms with van der Waals surface area (Å²) in [4.78, 5) is 7.56. The van der Waals surface area contributed by atoms with Crippen molar-refractivity contribution in [3.63, 3.8) is 0 Å². The second kappa shape index (κ2) is 7.12. The first kappa shape index (κ1) is 15.5. The Hall–Kier alpha value is -0.580. The van der Waals surface area contributed by atoms with E-state index in [0.29, 0.717) is 11.7 Å². The van der Waals surface area contributed by atoms with Crippen LogP contribution in [0, 0.1) is 5.41 Å². The van der Waals surface area contributed by atoms with Gasteiger partial charge in [0.1, 0.15) is 5.82 Å². The molecule has 1 aromatic heterocycles. The number of halogens is 1. The fraction of sp³-hybridized carbons (Fsp3) is 0.769. The average Bonchev–Trinajstić information content (AvgIpc) is 2.67. The Morgan fingerprint density at radius 3 is 2.78 bits per heavy atom. The fourth-order valence-corrected chi connectivity index (χ4v) is 1.82. The van der Waals surface area contributed by atoms with Crippen LogP contribution in [-0.2, 0) is 13.0 Å². The smallest absolute Gasteiger partial charge is 0.151 e. The van der Waals surface area contributed by atoms with E-state index in [4.69, 9.17) is 16.7 Å². The summed E-state index contributed by atoms with van der Waals surface area (Å²) in [5.74, 6) is 0.958. The zero-order chi connectivity index (χ0) is 13.6. The number of imidazole rings is 1. The lowest BCUT2D eigenvalue weighted by atomic mass is 9.95. The van der Waals surface area contributed by atoms with Crippen molar-refractivity contribution in [3.05, 3.63) is 16.7 Å². The van der Waals surface area contributed by atoms with Crippen molar-refractivity contribution in [1.29, 1.82) is 0 Å². The van der Waals surface area contributed by atoms with Gasteiger partial charge in [0.2, 0.25) is 0 Å². The number of hydrogen-bond acceptors (Lipinski definition) is 3. The van der Waals surface area contributed by atoms with E-state index in [1.807, 2.05) is 13.8 Å². The molecule has 104 valence electrons. The quantitative estimate of drug-likeness (QED) is 0.682. The average molecular weight is 274 g/mol. The Balaban J connectivity index is 2.44. The van der Waals surface area contributed by atoms with Crippen LogP contribution in [0.15, 0.2) is 0 Å². The molecule has 1 aromatic rings. The molecule has 1 rings (SSSR count). The van der Waals surface area contributed by atoms with Gasteiger partial charge in [-0.1, -0.05) is 38.8 Å². The lowest BCUT2D eigenvalue weighted by Gasteiger charge is -2.21. The molecule has 18 heavy (non-hydrogen) atoms. The summed E-state index contributed by atoms with van der Waals surface area (Å²) >= 11 is 6.08. The van der Waals surface area contributed by atoms with Gasteiger partial charge in [-0.05, 0) is 6.42 Å². The van der Waals surface area contributed by atoms with Crippen molar-refractivity contribution in [2.45, 2.75) is 46.6 Å². The number of unbranched alkanes of at least 4 members (excludes halogenated alkanes) is 1. The minimum absolute atomic E-state index is 0.114. The Kier molecular flexibility index (Phi) is 6.12. The number of aromatic amines is 1. The van der Waals surface area contributed by atoms with Crippen LogP contribution in [0.4, 0.5) is 0 Å². The summed E-state index contributed by atoms with van der Waals surface area (Å²) in [7, 11) is 0. The molecule has 0 radical (unpaired) electrons. The summed E-state index contributed by atoms with van der Waals surface area (Å²) < 4.78 is 0. The number of nitrogens with zero attached hydrogens (tertiary/aromatic N) is 1. The Labute approximate surface area is 114 Å². The number of aliphatic hydroxyl groups excluding tert-OH is 1. The van der Waals surface area contributed by atoms with Gasteiger partial charge in [-0.25, -0.2) is 4.98 Å². The van der Waals surface area contributed by atoms with Crippen LogP contribution in [0.3, 0.4) is 0 Å². The molecule has 0 fully saturated rings. The first-order chi connectivity index (χ1) is 8.48. The van der Waals surface area contributed by atoms with Crippen LogP contribution in [0.1, 0.15) is 45.1 Å². The Morgan fingerprint density at radius 1 is 1.44 bits per heavy atom. The molecule has 0 aliphatic carbocycles. The van der Waals surface area contributed by atoms with Crippen molar-refractivity contribution < 1.29 is 5.11 Å². The molecule has 5 heteroatoms. The van der Waals surface area contributed by atoms with Gasteiger partial charge in [-0.3, -0.25) is 0 Å². The summed E-state index contributed by atoms with van der Waals surface area (Å²) in [6, 6.07) is 0. The molecular formula is C13H24ClN3O. The third-order valence-electron chi connectivity index (χ3n) is 2.88. The van der Waals surface area contributed by atoms with Crippen molar-refractivity contribution in [2.75, 3.05) is 13.2 Å². The standard InChI is InChI=1S/C13H24ClN3O/c1-4-5-6-11-16-10(12(14)17-11)7-15-8-13(2,3)9-18/h15,18H,4-9H2,1-3H3,(H,16,17). The van der Waals surface area contributed by atoms with E-state index in [2.05, 4.69) is 22.2 Å². The predicted octanol–water partition coefficient (Wildman–Crippen LogP) is 2.51. The number of nitrogens with one attached hydrogen (secondary N) is 2. The zero-order valence-electron chi connectivity index (χ0n) is 11.5. The highest BCUT2D eigenvalue weighted by atomic mass is 35.5. The molecule has 0 unspecified atom stereocenters. The SMILES string of the molecule is CCCCc1nc(Cl)c(CNCC(C)(C)CO)[nH]1. The van der Waals surface area contributed by atoms with Gasteiger partial charge in [-0.15, -0.1) is 0 Å². The van der Waals surface area contributed by atoms with E-state index in [1.165, 1.54) is 0 Å². The molecular weight excluding hydrogens is 250 g/mol. The molecule has 0 amide bonds. The van der Waals surface area contributed by atoms with E-state index >= 15 is 0 Å².